The predicted molar refractivity (Wildman–Crippen MR) is 36.6 cm³/mol. The highest BCUT2D eigenvalue weighted by molar-refractivity contribution is 4.95. The van der Waals surface area contributed by atoms with Gasteiger partial charge in [-0.05, 0) is 6.92 Å². The summed E-state index contributed by atoms with van der Waals surface area (Å²) < 4.78 is 4.95. The third-order valence-electron chi connectivity index (χ3n) is 1.88. The van der Waals surface area contributed by atoms with Crippen molar-refractivity contribution in [1.29, 1.82) is 0 Å². The van der Waals surface area contributed by atoms with Gasteiger partial charge in [-0.1, -0.05) is 0 Å². The molecular weight excluding hydrogens is 150 g/mol. The Morgan fingerprint density at radius 1 is 1.55 bits per heavy atom. The van der Waals surface area contributed by atoms with Crippen molar-refractivity contribution in [2.45, 2.75) is 31.0 Å². The van der Waals surface area contributed by atoms with E-state index in [1.807, 2.05) is 0 Å². The van der Waals surface area contributed by atoms with E-state index in [4.69, 9.17) is 15.6 Å². The fraction of sp³-hybridized carbons (Fsp3) is 1.00. The molecule has 0 amide bonds. The van der Waals surface area contributed by atoms with E-state index >= 15 is 0 Å². The second kappa shape index (κ2) is 2.69. The fourth-order valence-corrected chi connectivity index (χ4v) is 1.15. The van der Waals surface area contributed by atoms with Crippen molar-refractivity contribution in [2.24, 2.45) is 5.73 Å². The highest BCUT2D eigenvalue weighted by atomic mass is 16.6. The van der Waals surface area contributed by atoms with Gasteiger partial charge >= 0.3 is 0 Å². The molecule has 0 bridgehead atoms. The second-order valence-corrected chi connectivity index (χ2v) is 2.96. The number of rotatable bonds is 1. The van der Waals surface area contributed by atoms with Crippen LogP contribution in [-0.4, -0.2) is 46.0 Å². The largest absolute Gasteiger partial charge is 0.394 e. The Morgan fingerprint density at radius 3 is 2.27 bits per heavy atom. The van der Waals surface area contributed by atoms with Crippen LogP contribution in [0.15, 0.2) is 0 Å². The van der Waals surface area contributed by atoms with Crippen LogP contribution < -0.4 is 5.73 Å². The summed E-state index contributed by atoms with van der Waals surface area (Å²) in [5, 5.41) is 27.0. The first-order valence-electron chi connectivity index (χ1n) is 3.42. The third kappa shape index (κ3) is 1.38. The van der Waals surface area contributed by atoms with Crippen LogP contribution in [0.1, 0.15) is 6.92 Å². The van der Waals surface area contributed by atoms with Crippen LogP contribution in [-0.2, 0) is 4.74 Å². The van der Waals surface area contributed by atoms with E-state index in [-0.39, 0.29) is 6.61 Å². The fourth-order valence-electron chi connectivity index (χ4n) is 1.15. The summed E-state index contributed by atoms with van der Waals surface area (Å²) in [6.45, 7) is 1.11. The highest BCUT2D eigenvalue weighted by Gasteiger charge is 2.48. The highest BCUT2D eigenvalue weighted by Crippen LogP contribution is 2.25. The number of aliphatic hydroxyl groups is 3. The van der Waals surface area contributed by atoms with Crippen molar-refractivity contribution < 1.29 is 20.1 Å². The average molecular weight is 163 g/mol. The van der Waals surface area contributed by atoms with Gasteiger partial charge in [0.05, 0.1) is 6.61 Å². The van der Waals surface area contributed by atoms with E-state index < -0.39 is 24.0 Å². The first kappa shape index (κ1) is 8.89. The summed E-state index contributed by atoms with van der Waals surface area (Å²) in [6, 6.07) is 0. The van der Waals surface area contributed by atoms with E-state index in [9.17, 15) is 10.2 Å². The van der Waals surface area contributed by atoms with Crippen LogP contribution in [0.5, 0.6) is 0 Å². The molecule has 11 heavy (non-hydrogen) atoms. The quantitative estimate of drug-likeness (QED) is 0.351. The molecular formula is C6H13NO4. The van der Waals surface area contributed by atoms with Crippen LogP contribution in [0.3, 0.4) is 0 Å². The lowest BCUT2D eigenvalue weighted by Crippen LogP contribution is -2.48. The molecule has 0 radical (unpaired) electrons. The van der Waals surface area contributed by atoms with Crippen LogP contribution in [0.4, 0.5) is 0 Å². The topological polar surface area (TPSA) is 95.9 Å². The molecule has 0 aliphatic carbocycles. The zero-order valence-electron chi connectivity index (χ0n) is 6.27. The van der Waals surface area contributed by atoms with Crippen molar-refractivity contribution in [3.05, 3.63) is 0 Å². The number of hydrogen-bond donors (Lipinski definition) is 4. The van der Waals surface area contributed by atoms with Gasteiger partial charge in [-0.2, -0.15) is 0 Å². The number of nitrogens with two attached hydrogens (primary N) is 1. The summed E-state index contributed by atoms with van der Waals surface area (Å²) in [5.74, 6) is 0. The smallest absolute Gasteiger partial charge is 0.143 e. The summed E-state index contributed by atoms with van der Waals surface area (Å²) in [5.41, 5.74) is 4.18. The lowest BCUT2D eigenvalue weighted by molar-refractivity contribution is -0.0768. The monoisotopic (exact) mass is 163 g/mol. The van der Waals surface area contributed by atoms with Gasteiger partial charge in [-0.25, -0.2) is 0 Å². The molecule has 1 unspecified atom stereocenters. The van der Waals surface area contributed by atoms with Crippen molar-refractivity contribution in [3.8, 4) is 0 Å². The van der Waals surface area contributed by atoms with Crippen molar-refractivity contribution in [3.63, 3.8) is 0 Å². The molecule has 0 aromatic carbocycles. The molecule has 1 heterocycles. The maximum atomic E-state index is 9.22. The van der Waals surface area contributed by atoms with Gasteiger partial charge < -0.3 is 25.8 Å². The minimum absolute atomic E-state index is 0.342. The van der Waals surface area contributed by atoms with Gasteiger partial charge in [0, 0.05) is 0 Å². The average Bonchev–Trinajstić information content (AvgIpc) is 2.13. The molecule has 1 saturated heterocycles. The Kier molecular flexibility index (Phi) is 2.17. The standard InChI is InChI=1S/C6H13NO4/c1-6(7)5(10)4(9)3(2-8)11-6/h3-5,8-10H,2,7H2,1H3/t3-,4-,5-,6?/m1/s1. The van der Waals surface area contributed by atoms with Crippen molar-refractivity contribution >= 4 is 0 Å². The minimum Gasteiger partial charge on any atom is -0.394 e. The maximum absolute atomic E-state index is 9.22. The van der Waals surface area contributed by atoms with E-state index in [0.29, 0.717) is 0 Å². The van der Waals surface area contributed by atoms with Crippen LogP contribution in [0.2, 0.25) is 0 Å². The Bertz CT molecular complexity index is 150. The molecule has 1 aliphatic rings. The van der Waals surface area contributed by atoms with Gasteiger partial charge in [-0.3, -0.25) is 0 Å². The molecule has 0 spiro atoms. The first-order chi connectivity index (χ1) is 4.99. The normalized spacial score (nSPS) is 51.5. The van der Waals surface area contributed by atoms with Crippen LogP contribution in [0.25, 0.3) is 0 Å². The van der Waals surface area contributed by atoms with Gasteiger partial charge in [0.1, 0.15) is 24.0 Å². The zero-order chi connectivity index (χ0) is 8.65. The van der Waals surface area contributed by atoms with Crippen LogP contribution in [0, 0.1) is 0 Å². The lowest BCUT2D eigenvalue weighted by atomic mass is 10.1. The predicted octanol–water partition coefficient (Wildman–Crippen LogP) is -2.23. The molecule has 4 atom stereocenters. The number of hydrogen-bond acceptors (Lipinski definition) is 5. The number of ether oxygens (including phenoxy) is 1. The van der Waals surface area contributed by atoms with E-state index in [0.717, 1.165) is 0 Å². The molecule has 0 aromatic rings. The number of aliphatic hydroxyl groups excluding tert-OH is 3. The molecule has 1 aliphatic heterocycles. The van der Waals surface area contributed by atoms with E-state index in [2.05, 4.69) is 0 Å². The Labute approximate surface area is 64.4 Å². The Hall–Kier alpha value is -0.200. The van der Waals surface area contributed by atoms with E-state index in [1.165, 1.54) is 6.92 Å². The third-order valence-corrected chi connectivity index (χ3v) is 1.88. The summed E-state index contributed by atoms with van der Waals surface area (Å²) in [4.78, 5) is 0. The molecule has 1 rings (SSSR count). The Balaban J connectivity index is 2.69. The van der Waals surface area contributed by atoms with Gasteiger partial charge in [0.15, 0.2) is 0 Å². The van der Waals surface area contributed by atoms with Gasteiger partial charge in [0.2, 0.25) is 0 Å². The molecule has 0 aromatic heterocycles. The molecule has 0 saturated carbocycles. The molecule has 66 valence electrons. The molecule has 5 N–H and O–H groups in total. The van der Waals surface area contributed by atoms with Crippen molar-refractivity contribution in [2.75, 3.05) is 6.61 Å². The zero-order valence-corrected chi connectivity index (χ0v) is 6.27. The Morgan fingerprint density at radius 2 is 2.09 bits per heavy atom. The SMILES string of the molecule is CC1(N)O[C@H](CO)[C@@H](O)[C@H]1O. The first-order valence-corrected chi connectivity index (χ1v) is 3.42. The van der Waals surface area contributed by atoms with Crippen LogP contribution >= 0.6 is 0 Å². The molecule has 1 fully saturated rings. The van der Waals surface area contributed by atoms with E-state index in [1.54, 1.807) is 0 Å². The minimum atomic E-state index is -1.26. The van der Waals surface area contributed by atoms with Gasteiger partial charge in [0.25, 0.3) is 0 Å². The molecule has 5 heteroatoms. The second-order valence-electron chi connectivity index (χ2n) is 2.96. The molecule has 5 nitrogen and oxygen atoms in total. The lowest BCUT2D eigenvalue weighted by Gasteiger charge is -2.21. The summed E-state index contributed by atoms with van der Waals surface area (Å²) >= 11 is 0. The van der Waals surface area contributed by atoms with Crippen molar-refractivity contribution in [1.82, 2.24) is 0 Å². The summed E-state index contributed by atoms with van der Waals surface area (Å²) in [7, 11) is 0. The van der Waals surface area contributed by atoms with Gasteiger partial charge in [-0.15, -0.1) is 0 Å². The summed E-state index contributed by atoms with van der Waals surface area (Å²) in [6.07, 6.45) is -3.02. The maximum Gasteiger partial charge on any atom is 0.143 e.